The largest absolute Gasteiger partial charge is 0.493 e. The molecule has 0 saturated heterocycles. The highest BCUT2D eigenvalue weighted by Crippen LogP contribution is 2.24. The maximum Gasteiger partial charge on any atom is 0.224 e. The van der Waals surface area contributed by atoms with Gasteiger partial charge in [-0.3, -0.25) is 9.59 Å². The van der Waals surface area contributed by atoms with Crippen molar-refractivity contribution < 1.29 is 14.3 Å². The van der Waals surface area contributed by atoms with Crippen molar-refractivity contribution in [2.24, 2.45) is 5.92 Å². The Hall–Kier alpha value is -3.72. The normalized spacial score (nSPS) is 16.1. The first kappa shape index (κ1) is 55.3. The Morgan fingerprint density at radius 1 is 0.475 bits per heavy atom. The minimum absolute atomic E-state index is 0.135. The predicted molar refractivity (Wildman–Crippen MR) is 269 cm³/mol. The van der Waals surface area contributed by atoms with Crippen molar-refractivity contribution >= 4 is 11.6 Å². The van der Waals surface area contributed by atoms with Crippen LogP contribution in [0, 0.1) is 5.92 Å². The van der Waals surface area contributed by atoms with Gasteiger partial charge in [0.15, 0.2) is 11.5 Å². The molecule has 3 heteroatoms. The van der Waals surface area contributed by atoms with E-state index in [1.165, 1.54) is 103 Å². The van der Waals surface area contributed by atoms with Crippen LogP contribution in [0.5, 0.6) is 0 Å². The Morgan fingerprint density at radius 3 is 1.03 bits per heavy atom. The quantitative estimate of drug-likeness (QED) is 0.0516. The molecule has 0 radical (unpaired) electrons. The summed E-state index contributed by atoms with van der Waals surface area (Å²) in [5.41, 5.74) is 14.3. The average molecular weight is 835 g/mol. The molecule has 0 aromatic rings. The molecule has 0 amide bonds. The topological polar surface area (TPSA) is 43.4 Å². The highest BCUT2D eigenvalue weighted by Gasteiger charge is 2.26. The number of hydrogen-bond donors (Lipinski definition) is 0. The van der Waals surface area contributed by atoms with Crippen molar-refractivity contribution in [1.82, 2.24) is 0 Å². The fraction of sp³-hybridized carbons (Fsp3) is 0.586. The van der Waals surface area contributed by atoms with Crippen molar-refractivity contribution in [3.63, 3.8) is 0 Å². The Labute approximate surface area is 376 Å². The summed E-state index contributed by atoms with van der Waals surface area (Å²) in [6, 6.07) is 0. The Kier molecular flexibility index (Phi) is 29.8. The molecule has 0 N–H and O–H groups in total. The smallest absolute Gasteiger partial charge is 0.224 e. The molecule has 0 spiro atoms. The van der Waals surface area contributed by atoms with E-state index in [0.29, 0.717) is 17.6 Å². The summed E-state index contributed by atoms with van der Waals surface area (Å²) in [5.74, 6) is 0.630. The first-order valence-corrected chi connectivity index (χ1v) is 24.0. The van der Waals surface area contributed by atoms with Gasteiger partial charge in [0.2, 0.25) is 5.78 Å². The molecule has 61 heavy (non-hydrogen) atoms. The maximum absolute atomic E-state index is 12.6. The van der Waals surface area contributed by atoms with Crippen molar-refractivity contribution in [2.75, 3.05) is 7.11 Å². The van der Waals surface area contributed by atoms with E-state index in [1.807, 2.05) is 0 Å². The highest BCUT2D eigenvalue weighted by molar-refractivity contribution is 6.21. The van der Waals surface area contributed by atoms with Gasteiger partial charge in [-0.25, -0.2) is 0 Å². The summed E-state index contributed by atoms with van der Waals surface area (Å²) < 4.78 is 5.11. The zero-order valence-corrected chi connectivity index (χ0v) is 41.7. The van der Waals surface area contributed by atoms with E-state index in [9.17, 15) is 9.59 Å². The van der Waals surface area contributed by atoms with Crippen LogP contribution >= 0.6 is 0 Å². The van der Waals surface area contributed by atoms with E-state index in [1.54, 1.807) is 12.5 Å². The SMILES string of the molecule is COC1=CC(=O)C(C)=C(C/C=C(\C)CC/C=C(\C)CC/C=C(\C)CC/C=C(\C)CC/C=C(\C)CC/C=C(\C)CC/C=C(\C)CC/C=C(\C)CC/C=C(\C)CCCC(C)C)C1=O. The van der Waals surface area contributed by atoms with Gasteiger partial charge in [0, 0.05) is 17.2 Å². The number of methoxy groups -OCH3 is 1. The molecular weight excluding hydrogens is 745 g/mol. The molecule has 0 aromatic heterocycles. The fourth-order valence-electron chi connectivity index (χ4n) is 7.51. The Morgan fingerprint density at radius 2 is 0.754 bits per heavy atom. The molecule has 0 fully saturated rings. The lowest BCUT2D eigenvalue weighted by Gasteiger charge is -2.15. The lowest BCUT2D eigenvalue weighted by atomic mass is 9.91. The summed E-state index contributed by atoms with van der Waals surface area (Å²) in [4.78, 5) is 24.8. The lowest BCUT2D eigenvalue weighted by Crippen LogP contribution is -2.19. The third-order valence-electron chi connectivity index (χ3n) is 12.1. The number of rotatable bonds is 31. The molecule has 0 aliphatic heterocycles. The second-order valence-corrected chi connectivity index (χ2v) is 18.8. The second-order valence-electron chi connectivity index (χ2n) is 18.8. The Bertz CT molecular complexity index is 1710. The summed E-state index contributed by atoms with van der Waals surface area (Å²) in [7, 11) is 1.43. The lowest BCUT2D eigenvalue weighted by molar-refractivity contribution is -0.118. The number of ether oxygens (including phenoxy) is 1. The monoisotopic (exact) mass is 835 g/mol. The molecule has 0 unspecified atom stereocenters. The van der Waals surface area contributed by atoms with E-state index >= 15 is 0 Å². The van der Waals surface area contributed by atoms with E-state index in [2.05, 4.69) is 131 Å². The minimum Gasteiger partial charge on any atom is -0.493 e. The number of carbonyl (C=O) groups is 2. The van der Waals surface area contributed by atoms with Crippen LogP contribution in [0.1, 0.15) is 212 Å². The van der Waals surface area contributed by atoms with Gasteiger partial charge in [-0.05, 0) is 197 Å². The van der Waals surface area contributed by atoms with Gasteiger partial charge in [0.1, 0.15) is 0 Å². The number of carbonyl (C=O) groups excluding carboxylic acids is 2. The van der Waals surface area contributed by atoms with Crippen LogP contribution in [0.15, 0.2) is 128 Å². The third kappa shape index (κ3) is 27.8. The van der Waals surface area contributed by atoms with Gasteiger partial charge in [0.05, 0.1) is 7.11 Å². The van der Waals surface area contributed by atoms with E-state index < -0.39 is 0 Å². The van der Waals surface area contributed by atoms with Gasteiger partial charge in [-0.2, -0.15) is 0 Å². The van der Waals surface area contributed by atoms with Gasteiger partial charge in [-0.15, -0.1) is 0 Å². The summed E-state index contributed by atoms with van der Waals surface area (Å²) in [6.07, 6.45) is 45.1. The van der Waals surface area contributed by atoms with Crippen molar-refractivity contribution in [3.8, 4) is 0 Å². The van der Waals surface area contributed by atoms with E-state index in [-0.39, 0.29) is 17.3 Å². The summed E-state index contributed by atoms with van der Waals surface area (Å²) in [5, 5.41) is 0. The third-order valence-corrected chi connectivity index (χ3v) is 12.1. The number of Topliss-reactive ketones (excluding diaryl/α,β-unsaturated/α-hetero) is 1. The minimum atomic E-state index is -0.178. The van der Waals surface area contributed by atoms with Gasteiger partial charge >= 0.3 is 0 Å². The molecule has 1 aliphatic carbocycles. The molecule has 0 aromatic carbocycles. The van der Waals surface area contributed by atoms with Gasteiger partial charge < -0.3 is 4.74 Å². The molecule has 0 heterocycles. The van der Waals surface area contributed by atoms with E-state index in [4.69, 9.17) is 4.74 Å². The summed E-state index contributed by atoms with van der Waals surface area (Å²) >= 11 is 0. The predicted octanol–water partition coefficient (Wildman–Crippen LogP) is 18.0. The molecule has 340 valence electrons. The van der Waals surface area contributed by atoms with Gasteiger partial charge in [-0.1, -0.05) is 125 Å². The summed E-state index contributed by atoms with van der Waals surface area (Å²) in [6.45, 7) is 26.7. The highest BCUT2D eigenvalue weighted by atomic mass is 16.5. The standard InChI is InChI=1S/C58H90O3/c1-44(2)23-14-24-45(3)25-15-26-46(4)27-16-28-47(5)29-17-30-48(6)31-18-32-49(7)33-19-34-50(8)35-20-36-51(9)37-21-38-52(10)39-22-40-53(11)41-42-55-54(12)56(59)43-57(61-13)58(55)60/h25,27,29,31,33,35,37,39,41,43-44H,14-24,26,28,30,32,34,36,38,40,42H2,1-13H3/b45-25+,46-27+,47-29+,48-31+,49-33+,50-35+,51-37+,52-39+,53-41+. The molecule has 1 rings (SSSR count). The average Bonchev–Trinajstić information content (AvgIpc) is 3.19. The van der Waals surface area contributed by atoms with Crippen LogP contribution < -0.4 is 0 Å². The van der Waals surface area contributed by atoms with Crippen LogP contribution in [0.25, 0.3) is 0 Å². The second kappa shape index (κ2) is 32.9. The first-order valence-electron chi connectivity index (χ1n) is 24.0. The molecular formula is C58H90O3. The van der Waals surface area contributed by atoms with Crippen molar-refractivity contribution in [2.45, 2.75) is 212 Å². The maximum atomic E-state index is 12.6. The molecule has 0 atom stereocenters. The van der Waals surface area contributed by atoms with E-state index in [0.717, 1.165) is 83.0 Å². The van der Waals surface area contributed by atoms with Crippen molar-refractivity contribution in [3.05, 3.63) is 128 Å². The number of allylic oxidation sites excluding steroid dienone is 21. The molecule has 0 saturated carbocycles. The van der Waals surface area contributed by atoms with Crippen molar-refractivity contribution in [1.29, 1.82) is 0 Å². The zero-order valence-electron chi connectivity index (χ0n) is 41.7. The first-order chi connectivity index (χ1) is 29.0. The molecule has 0 bridgehead atoms. The van der Waals surface area contributed by atoms with Crippen LogP contribution in [0.4, 0.5) is 0 Å². The Balaban J connectivity index is 2.27. The van der Waals surface area contributed by atoms with Crippen LogP contribution in [-0.2, 0) is 14.3 Å². The molecule has 1 aliphatic rings. The molecule has 3 nitrogen and oxygen atoms in total. The number of hydrogen-bond acceptors (Lipinski definition) is 3. The van der Waals surface area contributed by atoms with Crippen LogP contribution in [0.3, 0.4) is 0 Å². The zero-order chi connectivity index (χ0) is 45.6. The van der Waals surface area contributed by atoms with Crippen LogP contribution in [-0.4, -0.2) is 18.7 Å². The fourth-order valence-corrected chi connectivity index (χ4v) is 7.51. The van der Waals surface area contributed by atoms with Gasteiger partial charge in [0.25, 0.3) is 0 Å². The number of ketones is 2. The van der Waals surface area contributed by atoms with Crippen LogP contribution in [0.2, 0.25) is 0 Å².